The second-order valence-electron chi connectivity index (χ2n) is 6.70. The van der Waals surface area contributed by atoms with Gasteiger partial charge in [0.1, 0.15) is 5.75 Å². The van der Waals surface area contributed by atoms with Crippen molar-refractivity contribution in [1.82, 2.24) is 0 Å². The van der Waals surface area contributed by atoms with Crippen LogP contribution in [0.5, 0.6) is 5.75 Å². The molecule has 0 heterocycles. The van der Waals surface area contributed by atoms with Crippen LogP contribution >= 0.6 is 0 Å². The Morgan fingerprint density at radius 3 is 2.40 bits per heavy atom. The van der Waals surface area contributed by atoms with Gasteiger partial charge in [0, 0.05) is 17.5 Å². The van der Waals surface area contributed by atoms with Crippen molar-refractivity contribution in [3.63, 3.8) is 0 Å². The molecular formula is C18H27NO. The highest BCUT2D eigenvalue weighted by Crippen LogP contribution is 2.45. The summed E-state index contributed by atoms with van der Waals surface area (Å²) in [6.07, 6.45) is 12.3. The number of hydrogen-bond donors (Lipinski definition) is 2. The SMILES string of the molecule is NCC1(c2c(O)ccc3c2CCCCC3)CCCCC1. The average molecular weight is 273 g/mol. The van der Waals surface area contributed by atoms with Crippen LogP contribution in [0.15, 0.2) is 12.1 Å². The van der Waals surface area contributed by atoms with Gasteiger partial charge in [0.15, 0.2) is 0 Å². The summed E-state index contributed by atoms with van der Waals surface area (Å²) in [6, 6.07) is 4.07. The monoisotopic (exact) mass is 273 g/mol. The lowest BCUT2D eigenvalue weighted by Gasteiger charge is -2.39. The first-order valence-corrected chi connectivity index (χ1v) is 8.31. The van der Waals surface area contributed by atoms with Crippen LogP contribution in [-0.4, -0.2) is 11.7 Å². The average Bonchev–Trinajstić information content (AvgIpc) is 2.73. The molecular weight excluding hydrogens is 246 g/mol. The minimum absolute atomic E-state index is 0.0397. The van der Waals surface area contributed by atoms with Crippen molar-refractivity contribution >= 4 is 0 Å². The molecule has 0 bridgehead atoms. The minimum atomic E-state index is 0.0397. The molecule has 0 saturated heterocycles. The third-order valence-electron chi connectivity index (χ3n) is 5.49. The van der Waals surface area contributed by atoms with Gasteiger partial charge in [-0.3, -0.25) is 0 Å². The molecule has 0 radical (unpaired) electrons. The summed E-state index contributed by atoms with van der Waals surface area (Å²) in [7, 11) is 0. The maximum atomic E-state index is 10.6. The Labute approximate surface area is 122 Å². The van der Waals surface area contributed by atoms with Gasteiger partial charge in [-0.15, -0.1) is 0 Å². The topological polar surface area (TPSA) is 46.2 Å². The zero-order valence-corrected chi connectivity index (χ0v) is 12.5. The van der Waals surface area contributed by atoms with Crippen LogP contribution in [0.1, 0.15) is 68.1 Å². The molecule has 1 saturated carbocycles. The fraction of sp³-hybridized carbons (Fsp3) is 0.667. The predicted molar refractivity (Wildman–Crippen MR) is 83.2 cm³/mol. The zero-order chi connectivity index (χ0) is 14.0. The van der Waals surface area contributed by atoms with Crippen molar-refractivity contribution in [3.8, 4) is 5.75 Å². The molecule has 0 atom stereocenters. The van der Waals surface area contributed by atoms with Crippen LogP contribution in [0.2, 0.25) is 0 Å². The van der Waals surface area contributed by atoms with Gasteiger partial charge in [0.2, 0.25) is 0 Å². The number of phenolic OH excluding ortho intramolecular Hbond substituents is 1. The van der Waals surface area contributed by atoms with Gasteiger partial charge in [-0.2, -0.15) is 0 Å². The Morgan fingerprint density at radius 2 is 1.65 bits per heavy atom. The Bertz CT molecular complexity index is 475. The van der Waals surface area contributed by atoms with E-state index < -0.39 is 0 Å². The minimum Gasteiger partial charge on any atom is -0.508 e. The second kappa shape index (κ2) is 5.77. The molecule has 0 unspecified atom stereocenters. The normalized spacial score (nSPS) is 22.1. The first kappa shape index (κ1) is 13.9. The van der Waals surface area contributed by atoms with Crippen LogP contribution in [0, 0.1) is 0 Å². The quantitative estimate of drug-likeness (QED) is 0.805. The molecule has 0 spiro atoms. The number of phenols is 1. The molecule has 0 aromatic heterocycles. The fourth-order valence-corrected chi connectivity index (χ4v) is 4.37. The summed E-state index contributed by atoms with van der Waals surface area (Å²) in [4.78, 5) is 0. The van der Waals surface area contributed by atoms with Crippen molar-refractivity contribution in [2.24, 2.45) is 5.73 Å². The van der Waals surface area contributed by atoms with Crippen molar-refractivity contribution in [2.45, 2.75) is 69.6 Å². The zero-order valence-electron chi connectivity index (χ0n) is 12.5. The summed E-state index contributed by atoms with van der Waals surface area (Å²) in [5.74, 6) is 0.498. The standard InChI is InChI=1S/C18H27NO/c19-13-18(11-5-2-6-12-18)17-15-8-4-1-3-7-14(15)9-10-16(17)20/h9-10,20H,1-8,11-13,19H2. The Kier molecular flexibility index (Phi) is 4.02. The highest BCUT2D eigenvalue weighted by molar-refractivity contribution is 5.50. The van der Waals surface area contributed by atoms with Gasteiger partial charge in [-0.1, -0.05) is 31.7 Å². The maximum Gasteiger partial charge on any atom is 0.119 e. The molecule has 2 nitrogen and oxygen atoms in total. The molecule has 1 aromatic rings. The van der Waals surface area contributed by atoms with E-state index in [1.165, 1.54) is 61.6 Å². The van der Waals surface area contributed by atoms with E-state index in [1.54, 1.807) is 0 Å². The lowest BCUT2D eigenvalue weighted by atomic mass is 9.67. The number of nitrogens with two attached hydrogens (primary N) is 1. The van der Waals surface area contributed by atoms with Gasteiger partial charge in [0.25, 0.3) is 0 Å². The summed E-state index contributed by atoms with van der Waals surface area (Å²) >= 11 is 0. The molecule has 2 heteroatoms. The van der Waals surface area contributed by atoms with Gasteiger partial charge in [-0.05, 0) is 55.7 Å². The Morgan fingerprint density at radius 1 is 0.950 bits per heavy atom. The van der Waals surface area contributed by atoms with E-state index in [-0.39, 0.29) is 5.41 Å². The Hall–Kier alpha value is -1.02. The third-order valence-corrected chi connectivity index (χ3v) is 5.49. The molecule has 1 fully saturated rings. The second-order valence-corrected chi connectivity index (χ2v) is 6.70. The Balaban J connectivity index is 2.11. The van der Waals surface area contributed by atoms with E-state index in [1.807, 2.05) is 6.07 Å². The van der Waals surface area contributed by atoms with Crippen molar-refractivity contribution < 1.29 is 5.11 Å². The van der Waals surface area contributed by atoms with E-state index in [9.17, 15) is 5.11 Å². The predicted octanol–water partition coefficient (Wildman–Crippen LogP) is 3.82. The lowest BCUT2D eigenvalue weighted by Crippen LogP contribution is -2.38. The number of aromatic hydroxyl groups is 1. The molecule has 0 amide bonds. The van der Waals surface area contributed by atoms with Crippen molar-refractivity contribution in [1.29, 1.82) is 0 Å². The van der Waals surface area contributed by atoms with Crippen LogP contribution in [-0.2, 0) is 18.3 Å². The van der Waals surface area contributed by atoms with E-state index in [4.69, 9.17) is 5.73 Å². The highest BCUT2D eigenvalue weighted by atomic mass is 16.3. The molecule has 110 valence electrons. The smallest absolute Gasteiger partial charge is 0.119 e. The van der Waals surface area contributed by atoms with Gasteiger partial charge in [-0.25, -0.2) is 0 Å². The van der Waals surface area contributed by atoms with Gasteiger partial charge >= 0.3 is 0 Å². The van der Waals surface area contributed by atoms with Gasteiger partial charge < -0.3 is 10.8 Å². The first-order chi connectivity index (χ1) is 9.77. The van der Waals surface area contributed by atoms with Crippen LogP contribution < -0.4 is 5.73 Å². The molecule has 3 N–H and O–H groups in total. The number of aryl methyl sites for hydroxylation is 1. The summed E-state index contributed by atoms with van der Waals surface area (Å²) < 4.78 is 0. The number of benzene rings is 1. The maximum absolute atomic E-state index is 10.6. The molecule has 2 aliphatic rings. The van der Waals surface area contributed by atoms with Crippen LogP contribution in [0.25, 0.3) is 0 Å². The summed E-state index contributed by atoms with van der Waals surface area (Å²) in [6.45, 7) is 0.678. The molecule has 1 aromatic carbocycles. The van der Waals surface area contributed by atoms with Crippen molar-refractivity contribution in [2.75, 3.05) is 6.54 Å². The summed E-state index contributed by atoms with van der Waals surface area (Å²) in [5.41, 5.74) is 10.4. The fourth-order valence-electron chi connectivity index (χ4n) is 4.37. The number of fused-ring (bicyclic) bond motifs is 1. The number of hydrogen-bond acceptors (Lipinski definition) is 2. The lowest BCUT2D eigenvalue weighted by molar-refractivity contribution is 0.288. The molecule has 3 rings (SSSR count). The third kappa shape index (κ3) is 2.35. The van der Waals surface area contributed by atoms with E-state index in [2.05, 4.69) is 6.07 Å². The van der Waals surface area contributed by atoms with Crippen LogP contribution in [0.4, 0.5) is 0 Å². The highest BCUT2D eigenvalue weighted by Gasteiger charge is 2.37. The van der Waals surface area contributed by atoms with Crippen molar-refractivity contribution in [3.05, 3.63) is 28.8 Å². The first-order valence-electron chi connectivity index (χ1n) is 8.31. The molecule has 0 aliphatic heterocycles. The molecule has 20 heavy (non-hydrogen) atoms. The van der Waals surface area contributed by atoms with Crippen LogP contribution in [0.3, 0.4) is 0 Å². The van der Waals surface area contributed by atoms with E-state index in [0.29, 0.717) is 12.3 Å². The van der Waals surface area contributed by atoms with E-state index >= 15 is 0 Å². The largest absolute Gasteiger partial charge is 0.508 e. The summed E-state index contributed by atoms with van der Waals surface area (Å²) in [5, 5.41) is 10.6. The molecule has 2 aliphatic carbocycles. The van der Waals surface area contributed by atoms with Gasteiger partial charge in [0.05, 0.1) is 0 Å². The van der Waals surface area contributed by atoms with E-state index in [0.717, 1.165) is 19.3 Å². The number of rotatable bonds is 2.